The largest absolute Gasteiger partial charge is 0.500 e. The van der Waals surface area contributed by atoms with Gasteiger partial charge in [-0.2, -0.15) is 0 Å². The van der Waals surface area contributed by atoms with E-state index in [9.17, 15) is 14.7 Å². The van der Waals surface area contributed by atoms with Gasteiger partial charge in [0.2, 0.25) is 5.91 Å². The monoisotopic (exact) mass is 431 g/mol. The maximum absolute atomic E-state index is 13.0. The van der Waals surface area contributed by atoms with Crippen molar-refractivity contribution in [2.24, 2.45) is 11.8 Å². The van der Waals surface area contributed by atoms with E-state index < -0.39 is 17.4 Å². The van der Waals surface area contributed by atoms with Crippen molar-refractivity contribution in [3.8, 4) is 0 Å². The van der Waals surface area contributed by atoms with Crippen LogP contribution in [0.3, 0.4) is 0 Å². The molecule has 0 bridgehead atoms. The predicted molar refractivity (Wildman–Crippen MR) is 123 cm³/mol. The first kappa shape index (κ1) is 22.0. The molecule has 0 spiro atoms. The SMILES string of the molecule is CC(C)(C[C@](O)(CNC(=O)[C@H]1C=CC2=COCC2C1=O)c1ccccc1)c1ccccc1. The minimum Gasteiger partial charge on any atom is -0.500 e. The van der Waals surface area contributed by atoms with Crippen LogP contribution in [0.5, 0.6) is 0 Å². The molecular formula is C27H29NO4. The second kappa shape index (κ2) is 8.75. The second-order valence-corrected chi connectivity index (χ2v) is 9.29. The van der Waals surface area contributed by atoms with Crippen molar-refractivity contribution in [2.45, 2.75) is 31.3 Å². The molecule has 1 unspecified atom stereocenters. The lowest BCUT2D eigenvalue weighted by Crippen LogP contribution is -2.47. The van der Waals surface area contributed by atoms with Crippen molar-refractivity contribution in [2.75, 3.05) is 13.2 Å². The van der Waals surface area contributed by atoms with E-state index in [1.54, 1.807) is 18.4 Å². The molecule has 1 aliphatic heterocycles. The van der Waals surface area contributed by atoms with Gasteiger partial charge in [-0.3, -0.25) is 9.59 Å². The number of ketones is 1. The molecular weight excluding hydrogens is 402 g/mol. The molecule has 2 aliphatic rings. The molecule has 32 heavy (non-hydrogen) atoms. The highest BCUT2D eigenvalue weighted by molar-refractivity contribution is 6.06. The molecule has 0 aromatic heterocycles. The van der Waals surface area contributed by atoms with Gasteiger partial charge < -0.3 is 15.2 Å². The van der Waals surface area contributed by atoms with Gasteiger partial charge in [-0.1, -0.05) is 86.7 Å². The van der Waals surface area contributed by atoms with E-state index in [0.717, 1.165) is 16.7 Å². The summed E-state index contributed by atoms with van der Waals surface area (Å²) in [6.07, 6.45) is 5.37. The molecule has 4 rings (SSSR count). The molecule has 1 aliphatic carbocycles. The van der Waals surface area contributed by atoms with E-state index in [4.69, 9.17) is 4.74 Å². The minimum absolute atomic E-state index is 0.00753. The number of nitrogens with one attached hydrogen (secondary N) is 1. The van der Waals surface area contributed by atoms with E-state index in [-0.39, 0.29) is 30.3 Å². The van der Waals surface area contributed by atoms with Crippen molar-refractivity contribution in [1.29, 1.82) is 0 Å². The molecule has 3 atom stereocenters. The molecule has 0 saturated heterocycles. The van der Waals surface area contributed by atoms with E-state index in [1.165, 1.54) is 0 Å². The Labute approximate surface area is 188 Å². The number of ether oxygens (including phenoxy) is 1. The summed E-state index contributed by atoms with van der Waals surface area (Å²) in [7, 11) is 0. The summed E-state index contributed by atoms with van der Waals surface area (Å²) in [4.78, 5) is 25.7. The first-order valence-electron chi connectivity index (χ1n) is 10.9. The number of allylic oxidation sites excluding steroid dienone is 1. The molecule has 0 radical (unpaired) electrons. The van der Waals surface area contributed by atoms with Gasteiger partial charge in [-0.05, 0) is 23.0 Å². The zero-order valence-corrected chi connectivity index (χ0v) is 18.5. The van der Waals surface area contributed by atoms with Crippen molar-refractivity contribution in [3.05, 3.63) is 95.8 Å². The molecule has 2 aromatic rings. The number of hydrogen-bond donors (Lipinski definition) is 2. The van der Waals surface area contributed by atoms with Crippen molar-refractivity contribution >= 4 is 11.7 Å². The van der Waals surface area contributed by atoms with Crippen LogP contribution in [0.25, 0.3) is 0 Å². The van der Waals surface area contributed by atoms with Gasteiger partial charge in [0.1, 0.15) is 18.1 Å². The van der Waals surface area contributed by atoms with E-state index in [0.29, 0.717) is 6.42 Å². The summed E-state index contributed by atoms with van der Waals surface area (Å²) in [6.45, 7) is 4.45. The molecule has 0 fully saturated rings. The number of aliphatic hydroxyl groups is 1. The molecule has 5 heteroatoms. The van der Waals surface area contributed by atoms with Crippen LogP contribution < -0.4 is 5.32 Å². The fraction of sp³-hybridized carbons (Fsp3) is 0.333. The van der Waals surface area contributed by atoms with Crippen molar-refractivity contribution in [1.82, 2.24) is 5.32 Å². The average molecular weight is 432 g/mol. The summed E-state index contributed by atoms with van der Waals surface area (Å²) < 4.78 is 5.25. The molecule has 2 aromatic carbocycles. The van der Waals surface area contributed by atoms with Gasteiger partial charge in [-0.25, -0.2) is 0 Å². The van der Waals surface area contributed by atoms with E-state index in [1.807, 2.05) is 60.7 Å². The summed E-state index contributed by atoms with van der Waals surface area (Å²) >= 11 is 0. The number of Topliss-reactive ketones (excluding diaryl/α,β-unsaturated/α-hetero) is 1. The number of rotatable bonds is 7. The van der Waals surface area contributed by atoms with Gasteiger partial charge in [-0.15, -0.1) is 0 Å². The Hall–Kier alpha value is -3.18. The zero-order chi connectivity index (χ0) is 22.8. The van der Waals surface area contributed by atoms with Crippen molar-refractivity contribution in [3.63, 3.8) is 0 Å². The fourth-order valence-corrected chi connectivity index (χ4v) is 4.64. The highest BCUT2D eigenvalue weighted by Crippen LogP contribution is 2.37. The summed E-state index contributed by atoms with van der Waals surface area (Å²) in [5.41, 5.74) is 0.984. The summed E-state index contributed by atoms with van der Waals surface area (Å²) in [5.74, 6) is -1.83. The number of benzene rings is 2. The first-order valence-corrected chi connectivity index (χ1v) is 10.9. The van der Waals surface area contributed by atoms with Crippen LogP contribution in [0, 0.1) is 11.8 Å². The Kier molecular flexibility index (Phi) is 6.02. The number of amides is 1. The molecule has 5 nitrogen and oxygen atoms in total. The lowest BCUT2D eigenvalue weighted by molar-refractivity contribution is -0.135. The Balaban J connectivity index is 1.54. The van der Waals surface area contributed by atoms with Crippen LogP contribution in [0.15, 0.2) is 84.7 Å². The zero-order valence-electron chi connectivity index (χ0n) is 18.5. The van der Waals surface area contributed by atoms with E-state index in [2.05, 4.69) is 19.2 Å². The number of fused-ring (bicyclic) bond motifs is 1. The molecule has 2 N–H and O–H groups in total. The van der Waals surface area contributed by atoms with Gasteiger partial charge in [0.25, 0.3) is 0 Å². The minimum atomic E-state index is -1.31. The molecule has 166 valence electrons. The lowest BCUT2D eigenvalue weighted by Gasteiger charge is -2.37. The maximum Gasteiger partial charge on any atom is 0.234 e. The number of carbonyl (C=O) groups excluding carboxylic acids is 2. The summed E-state index contributed by atoms with van der Waals surface area (Å²) in [5, 5.41) is 14.7. The smallest absolute Gasteiger partial charge is 0.234 e. The molecule has 1 amide bonds. The highest BCUT2D eigenvalue weighted by atomic mass is 16.5. The predicted octanol–water partition coefficient (Wildman–Crippen LogP) is 3.64. The fourth-order valence-electron chi connectivity index (χ4n) is 4.64. The number of carbonyl (C=O) groups is 2. The number of hydrogen-bond acceptors (Lipinski definition) is 4. The Morgan fingerprint density at radius 2 is 1.69 bits per heavy atom. The third-order valence-electron chi connectivity index (χ3n) is 6.45. The van der Waals surface area contributed by atoms with Gasteiger partial charge in [0.15, 0.2) is 5.78 Å². The Bertz CT molecular complexity index is 1040. The maximum atomic E-state index is 13.0. The molecule has 1 heterocycles. The van der Waals surface area contributed by atoms with Crippen LogP contribution in [-0.4, -0.2) is 29.9 Å². The van der Waals surface area contributed by atoms with Gasteiger partial charge >= 0.3 is 0 Å². The van der Waals surface area contributed by atoms with Crippen LogP contribution >= 0.6 is 0 Å². The Morgan fingerprint density at radius 3 is 2.34 bits per heavy atom. The lowest BCUT2D eigenvalue weighted by atomic mass is 9.73. The van der Waals surface area contributed by atoms with E-state index >= 15 is 0 Å². The van der Waals surface area contributed by atoms with Crippen LogP contribution in [0.1, 0.15) is 31.4 Å². The third kappa shape index (κ3) is 4.39. The topological polar surface area (TPSA) is 75.6 Å². The Morgan fingerprint density at radius 1 is 1.06 bits per heavy atom. The third-order valence-corrected chi connectivity index (χ3v) is 6.45. The van der Waals surface area contributed by atoms with Crippen LogP contribution in [0.4, 0.5) is 0 Å². The highest BCUT2D eigenvalue weighted by Gasteiger charge is 2.40. The normalized spacial score (nSPS) is 21.8. The van der Waals surface area contributed by atoms with Crippen LogP contribution in [0.2, 0.25) is 0 Å². The summed E-state index contributed by atoms with van der Waals surface area (Å²) in [6, 6.07) is 19.4. The molecule has 0 saturated carbocycles. The van der Waals surface area contributed by atoms with Gasteiger partial charge in [0.05, 0.1) is 18.7 Å². The average Bonchev–Trinajstić information content (AvgIpc) is 3.29. The first-order chi connectivity index (χ1) is 15.3. The standard InChI is InChI=1S/C27H29NO4/c1-26(2,20-9-5-3-6-10-20)17-27(31,21-11-7-4-8-12-21)18-28-25(30)22-14-13-19-15-32-16-23(19)24(22)29/h3-15,22-23,31H,16-18H2,1-2H3,(H,28,30)/t22-,23?,27-/m0/s1. The second-order valence-electron chi connectivity index (χ2n) is 9.29. The quantitative estimate of drug-likeness (QED) is 0.657. The van der Waals surface area contributed by atoms with Crippen LogP contribution in [-0.2, 0) is 25.3 Å². The van der Waals surface area contributed by atoms with Gasteiger partial charge in [0, 0.05) is 5.57 Å². The van der Waals surface area contributed by atoms with Crippen molar-refractivity contribution < 1.29 is 19.4 Å².